The van der Waals surface area contributed by atoms with Crippen LogP contribution in [0.4, 0.5) is 6.18 Å². The fourth-order valence-corrected chi connectivity index (χ4v) is 1.70. The number of fused-ring (bicyclic) bond motifs is 1. The summed E-state index contributed by atoms with van der Waals surface area (Å²) in [4.78, 5) is 0. The molecule has 1 aromatic rings. The van der Waals surface area contributed by atoms with E-state index in [1.54, 1.807) is 0 Å². The minimum atomic E-state index is -2.50. The zero-order valence-electron chi connectivity index (χ0n) is 8.63. The Bertz CT molecular complexity index is 323. The van der Waals surface area contributed by atoms with Gasteiger partial charge >= 0.3 is 26.4 Å². The molecule has 0 unspecified atom stereocenters. The van der Waals surface area contributed by atoms with Crippen LogP contribution < -0.4 is 0 Å². The van der Waals surface area contributed by atoms with Crippen LogP contribution in [0.2, 0.25) is 0 Å². The number of hydrogen-bond donors (Lipinski definition) is 0. The van der Waals surface area contributed by atoms with Gasteiger partial charge in [-0.15, -0.1) is 0 Å². The van der Waals surface area contributed by atoms with Gasteiger partial charge in [0.05, 0.1) is 0 Å². The first kappa shape index (κ1) is 12.6. The predicted octanol–water partition coefficient (Wildman–Crippen LogP) is 4.27. The van der Waals surface area contributed by atoms with Crippen LogP contribution in [0.25, 0.3) is 6.08 Å². The zero-order valence-corrected chi connectivity index (χ0v) is 10.2. The number of halogens is 2. The van der Waals surface area contributed by atoms with Crippen LogP contribution in [0, 0.1) is 5.92 Å². The van der Waals surface area contributed by atoms with Gasteiger partial charge in [-0.25, -0.2) is 0 Å². The van der Waals surface area contributed by atoms with Gasteiger partial charge in [0.2, 0.25) is 0 Å². The predicted molar refractivity (Wildman–Crippen MR) is 54.9 cm³/mol. The van der Waals surface area contributed by atoms with Crippen LogP contribution in [0.15, 0.2) is 30.3 Å². The van der Waals surface area contributed by atoms with Gasteiger partial charge in [0.25, 0.3) is 0 Å². The fraction of sp³-hybridized carbons (Fsp3) is 0.250. The summed E-state index contributed by atoms with van der Waals surface area (Å²) in [5.74, 6) is 1.49. The Hall–Kier alpha value is -0.466. The fourth-order valence-electron chi connectivity index (χ4n) is 1.70. The second kappa shape index (κ2) is 6.92. The molecule has 1 aliphatic carbocycles. The number of benzene rings is 1. The molecule has 79 valence electrons. The third-order valence-electron chi connectivity index (χ3n) is 2.29. The molecule has 0 heterocycles. The maximum absolute atomic E-state index is 9.75. The third-order valence-corrected chi connectivity index (χ3v) is 2.29. The molecule has 15 heavy (non-hydrogen) atoms. The van der Waals surface area contributed by atoms with E-state index in [4.69, 9.17) is 0 Å². The Morgan fingerprint density at radius 2 is 1.80 bits per heavy atom. The van der Waals surface area contributed by atoms with Gasteiger partial charge in [-0.3, -0.25) is 0 Å². The molecule has 0 saturated heterocycles. The molecule has 0 atom stereocenters. The molecule has 0 bridgehead atoms. The molecule has 0 amide bonds. The van der Waals surface area contributed by atoms with Crippen molar-refractivity contribution in [1.82, 2.24) is 0 Å². The quantitative estimate of drug-likeness (QED) is 0.680. The van der Waals surface area contributed by atoms with Crippen molar-refractivity contribution in [2.45, 2.75) is 19.8 Å². The van der Waals surface area contributed by atoms with E-state index >= 15 is 0 Å². The van der Waals surface area contributed by atoms with E-state index in [9.17, 15) is 6.18 Å². The van der Waals surface area contributed by atoms with Crippen LogP contribution in [0.5, 0.6) is 0 Å². The molecule has 3 heteroatoms. The van der Waals surface area contributed by atoms with Crippen molar-refractivity contribution in [2.75, 3.05) is 0 Å². The molecule has 1 aromatic carbocycles. The van der Waals surface area contributed by atoms with Gasteiger partial charge < -0.3 is 0 Å². The number of hydrogen-bond acceptors (Lipinski definition) is 0. The van der Waals surface area contributed by atoms with Gasteiger partial charge in [0.15, 0.2) is 0 Å². The summed E-state index contributed by atoms with van der Waals surface area (Å²) in [6.45, 7) is 2.22. The monoisotopic (exact) mass is 243 g/mol. The van der Waals surface area contributed by atoms with Crippen LogP contribution in [-0.2, 0) is 20.2 Å². The van der Waals surface area contributed by atoms with Gasteiger partial charge in [0.1, 0.15) is 0 Å². The summed E-state index contributed by atoms with van der Waals surface area (Å²) < 4.78 is 19.5. The van der Waals surface area contributed by atoms with Crippen LogP contribution in [0.3, 0.4) is 0 Å². The molecule has 0 spiro atoms. The Labute approximate surface area is 99.7 Å². The summed E-state index contributed by atoms with van der Waals surface area (Å²) in [6, 6.07) is 8.59. The number of allylic oxidation sites excluding steroid dienone is 1. The molecule has 0 fully saturated rings. The van der Waals surface area contributed by atoms with Crippen molar-refractivity contribution in [3.8, 4) is 0 Å². The molecule has 0 saturated carbocycles. The first-order valence-electron chi connectivity index (χ1n) is 4.93. The van der Waals surface area contributed by atoms with Crippen molar-refractivity contribution in [3.63, 3.8) is 0 Å². The number of rotatable bonds is 2. The van der Waals surface area contributed by atoms with Crippen molar-refractivity contribution in [3.05, 3.63) is 47.4 Å². The molecule has 0 aliphatic heterocycles. The summed E-state index contributed by atoms with van der Waals surface area (Å²) >= 11 is -2.50. The Morgan fingerprint density at radius 1 is 1.13 bits per heavy atom. The van der Waals surface area contributed by atoms with E-state index in [0.29, 0.717) is 0 Å². The Balaban J connectivity index is 0.000000337. The van der Waals surface area contributed by atoms with Crippen LogP contribution in [0.1, 0.15) is 30.9 Å². The Morgan fingerprint density at radius 3 is 2.47 bits per heavy atom. The molecule has 0 N–H and O–H groups in total. The van der Waals surface area contributed by atoms with Gasteiger partial charge in [0, 0.05) is 5.92 Å². The molecule has 1 aliphatic rings. The molecule has 1 radical (unpaired) electrons. The van der Waals surface area contributed by atoms with Crippen LogP contribution >= 0.6 is 0 Å². The molecule has 0 nitrogen and oxygen atoms in total. The van der Waals surface area contributed by atoms with Gasteiger partial charge in [-0.1, -0.05) is 49.8 Å². The topological polar surface area (TPSA) is 0 Å². The van der Waals surface area contributed by atoms with Gasteiger partial charge in [-0.2, -0.15) is 0 Å². The van der Waals surface area contributed by atoms with E-state index in [1.807, 2.05) is 0 Å². The molecular weight excluding hydrogens is 230 g/mol. The standard InChI is InChI=1S/C12H13.2FH.Ti/c1-2-5-10-8-9-11-6-3-4-7-12(10)11;;;/h3-4,6-9H,2,5H2,1H3;2*1H;/q;;;+2/p-2. The second-order valence-electron chi connectivity index (χ2n) is 3.27. The van der Waals surface area contributed by atoms with Crippen molar-refractivity contribution >= 4 is 6.08 Å². The second-order valence-corrected chi connectivity index (χ2v) is 3.49. The maximum atomic E-state index is 9.75. The minimum absolute atomic E-state index is 1.20. The molecular formula is C12H13F2Ti. The van der Waals surface area contributed by atoms with E-state index in [1.165, 1.54) is 29.9 Å². The van der Waals surface area contributed by atoms with E-state index < -0.39 is 20.2 Å². The summed E-state index contributed by atoms with van der Waals surface area (Å²) in [6.07, 6.45) is 6.88. The average Bonchev–Trinajstić information content (AvgIpc) is 2.64. The molecule has 2 rings (SSSR count). The Kier molecular flexibility index (Phi) is 5.81. The summed E-state index contributed by atoms with van der Waals surface area (Å²) in [5, 5.41) is 0. The van der Waals surface area contributed by atoms with E-state index in [2.05, 4.69) is 43.3 Å². The third kappa shape index (κ3) is 3.55. The van der Waals surface area contributed by atoms with E-state index in [0.717, 1.165) is 0 Å². The normalized spacial score (nSPS) is 13.0. The molecule has 0 aromatic heterocycles. The SMILES string of the molecule is CCC[C]1C=Cc2ccccc21.[F][Ti][F]. The average molecular weight is 243 g/mol. The van der Waals surface area contributed by atoms with Crippen molar-refractivity contribution in [2.24, 2.45) is 0 Å². The van der Waals surface area contributed by atoms with E-state index in [-0.39, 0.29) is 0 Å². The summed E-state index contributed by atoms with van der Waals surface area (Å²) in [7, 11) is 0. The zero-order chi connectivity index (χ0) is 11.1. The first-order chi connectivity index (χ1) is 7.33. The van der Waals surface area contributed by atoms with Gasteiger partial charge in [-0.05, 0) is 17.5 Å². The van der Waals surface area contributed by atoms with Crippen molar-refractivity contribution < 1.29 is 26.4 Å². The summed E-state index contributed by atoms with van der Waals surface area (Å²) in [5.41, 5.74) is 2.81. The van der Waals surface area contributed by atoms with Crippen molar-refractivity contribution in [1.29, 1.82) is 0 Å². The van der Waals surface area contributed by atoms with Crippen LogP contribution in [-0.4, -0.2) is 0 Å². The first-order valence-corrected chi connectivity index (χ1v) is 6.11.